The number of nitrogens with zero attached hydrogens (tertiary/aromatic N) is 1. The zero-order chi connectivity index (χ0) is 19.7. The average molecular weight is 412 g/mol. The maximum Gasteiger partial charge on any atom is 0.339 e. The molecular formula is C18H21NO6S2. The van der Waals surface area contributed by atoms with Crippen LogP contribution in [0.25, 0.3) is 0 Å². The van der Waals surface area contributed by atoms with Gasteiger partial charge in [-0.1, -0.05) is 6.07 Å². The first-order chi connectivity index (χ1) is 12.7. The number of rotatable bonds is 6. The molecule has 1 aliphatic heterocycles. The molecule has 0 atom stereocenters. The Kier molecular flexibility index (Phi) is 5.45. The molecule has 146 valence electrons. The van der Waals surface area contributed by atoms with Gasteiger partial charge in [0.05, 0.1) is 12.0 Å². The first kappa shape index (κ1) is 19.7. The molecule has 0 unspecified atom stereocenters. The Hall–Kier alpha value is -2.10. The summed E-state index contributed by atoms with van der Waals surface area (Å²) in [6.45, 7) is 2.82. The molecule has 0 saturated carbocycles. The first-order valence-corrected chi connectivity index (χ1v) is 11.3. The van der Waals surface area contributed by atoms with Gasteiger partial charge in [0.1, 0.15) is 4.90 Å². The number of ether oxygens (including phenoxy) is 1. The van der Waals surface area contributed by atoms with Crippen LogP contribution in [0.4, 0.5) is 0 Å². The summed E-state index contributed by atoms with van der Waals surface area (Å²) in [5.74, 6) is 0.365. The molecule has 27 heavy (non-hydrogen) atoms. The van der Waals surface area contributed by atoms with Gasteiger partial charge in [-0.2, -0.15) is 12.7 Å². The van der Waals surface area contributed by atoms with Crippen molar-refractivity contribution < 1.29 is 25.8 Å². The fourth-order valence-corrected chi connectivity index (χ4v) is 5.32. The highest BCUT2D eigenvalue weighted by molar-refractivity contribution is 7.89. The van der Waals surface area contributed by atoms with Gasteiger partial charge in [-0.3, -0.25) is 0 Å². The highest BCUT2D eigenvalue weighted by atomic mass is 32.2. The SMILES string of the molecule is COc1cc(C)ccc1OS(=O)(=O)c1ccc(S(=O)(=O)N2CCCC2)cc1. The fourth-order valence-electron chi connectivity index (χ4n) is 2.87. The second-order valence-corrected chi connectivity index (χ2v) is 9.76. The molecule has 1 saturated heterocycles. The highest BCUT2D eigenvalue weighted by Gasteiger charge is 2.28. The minimum atomic E-state index is -4.13. The molecule has 9 heteroatoms. The Morgan fingerprint density at radius 3 is 2.04 bits per heavy atom. The molecule has 0 radical (unpaired) electrons. The summed E-state index contributed by atoms with van der Waals surface area (Å²) >= 11 is 0. The van der Waals surface area contributed by atoms with E-state index in [-0.39, 0.29) is 15.5 Å². The Balaban J connectivity index is 1.86. The Morgan fingerprint density at radius 1 is 0.852 bits per heavy atom. The van der Waals surface area contributed by atoms with Crippen molar-refractivity contribution in [2.75, 3.05) is 20.2 Å². The molecule has 0 bridgehead atoms. The molecule has 2 aromatic rings. The topological polar surface area (TPSA) is 90.0 Å². The molecule has 0 amide bonds. The lowest BCUT2D eigenvalue weighted by molar-refractivity contribution is 0.390. The summed E-state index contributed by atoms with van der Waals surface area (Å²) < 4.78 is 61.9. The van der Waals surface area contributed by atoms with Crippen molar-refractivity contribution in [3.05, 3.63) is 48.0 Å². The molecular weight excluding hydrogens is 390 g/mol. The van der Waals surface area contributed by atoms with E-state index in [2.05, 4.69) is 0 Å². The van der Waals surface area contributed by atoms with Gasteiger partial charge in [-0.15, -0.1) is 0 Å². The number of aryl methyl sites for hydroxylation is 1. The van der Waals surface area contributed by atoms with Gasteiger partial charge in [0.2, 0.25) is 10.0 Å². The van der Waals surface area contributed by atoms with Gasteiger partial charge in [-0.05, 0) is 61.7 Å². The molecule has 1 fully saturated rings. The van der Waals surface area contributed by atoms with Crippen LogP contribution in [-0.4, -0.2) is 41.3 Å². The maximum atomic E-state index is 12.5. The second-order valence-electron chi connectivity index (χ2n) is 6.27. The van der Waals surface area contributed by atoms with Crippen LogP contribution in [0.5, 0.6) is 11.5 Å². The summed E-state index contributed by atoms with van der Waals surface area (Å²) in [4.78, 5) is -0.0678. The third kappa shape index (κ3) is 4.10. The van der Waals surface area contributed by atoms with Crippen LogP contribution in [0.1, 0.15) is 18.4 Å². The Morgan fingerprint density at radius 2 is 1.44 bits per heavy atom. The van der Waals surface area contributed by atoms with Crippen LogP contribution in [0, 0.1) is 6.92 Å². The lowest BCUT2D eigenvalue weighted by Gasteiger charge is -2.16. The van der Waals surface area contributed by atoms with Crippen molar-refractivity contribution in [1.29, 1.82) is 0 Å². The van der Waals surface area contributed by atoms with Crippen LogP contribution < -0.4 is 8.92 Å². The summed E-state index contributed by atoms with van der Waals surface area (Å²) in [6, 6.07) is 9.93. The van der Waals surface area contributed by atoms with Crippen LogP contribution in [-0.2, 0) is 20.1 Å². The van der Waals surface area contributed by atoms with E-state index in [4.69, 9.17) is 8.92 Å². The summed E-state index contributed by atoms with van der Waals surface area (Å²) in [7, 11) is -6.30. The summed E-state index contributed by atoms with van der Waals surface area (Å²) in [5.41, 5.74) is 0.896. The zero-order valence-corrected chi connectivity index (χ0v) is 16.7. The van der Waals surface area contributed by atoms with Crippen molar-refractivity contribution in [2.45, 2.75) is 29.6 Å². The molecule has 3 rings (SSSR count). The van der Waals surface area contributed by atoms with Gasteiger partial charge in [-0.25, -0.2) is 8.42 Å². The number of hydrogen-bond donors (Lipinski definition) is 0. The van der Waals surface area contributed by atoms with Crippen LogP contribution in [0.2, 0.25) is 0 Å². The predicted octanol–water partition coefficient (Wildman–Crippen LogP) is 2.56. The van der Waals surface area contributed by atoms with Crippen molar-refractivity contribution in [3.63, 3.8) is 0 Å². The van der Waals surface area contributed by atoms with Gasteiger partial charge < -0.3 is 8.92 Å². The predicted molar refractivity (Wildman–Crippen MR) is 100.0 cm³/mol. The van der Waals surface area contributed by atoms with Crippen LogP contribution in [0.15, 0.2) is 52.3 Å². The molecule has 7 nitrogen and oxygen atoms in total. The van der Waals surface area contributed by atoms with E-state index in [1.54, 1.807) is 12.1 Å². The summed E-state index contributed by atoms with van der Waals surface area (Å²) in [6.07, 6.45) is 1.66. The average Bonchev–Trinajstić information content (AvgIpc) is 3.19. The largest absolute Gasteiger partial charge is 0.493 e. The summed E-state index contributed by atoms with van der Waals surface area (Å²) in [5, 5.41) is 0. The van der Waals surface area contributed by atoms with E-state index >= 15 is 0 Å². The van der Waals surface area contributed by atoms with E-state index in [1.807, 2.05) is 6.92 Å². The molecule has 1 aliphatic rings. The van der Waals surface area contributed by atoms with Crippen molar-refractivity contribution >= 4 is 20.1 Å². The molecule has 0 N–H and O–H groups in total. The fraction of sp³-hybridized carbons (Fsp3) is 0.333. The molecule has 0 spiro atoms. The molecule has 0 aliphatic carbocycles. The lowest BCUT2D eigenvalue weighted by Crippen LogP contribution is -2.27. The van der Waals surface area contributed by atoms with E-state index < -0.39 is 20.1 Å². The number of methoxy groups -OCH3 is 1. The molecule has 0 aromatic heterocycles. The quantitative estimate of drug-likeness (QED) is 0.679. The zero-order valence-electron chi connectivity index (χ0n) is 15.1. The van der Waals surface area contributed by atoms with Crippen LogP contribution >= 0.6 is 0 Å². The third-order valence-electron chi connectivity index (χ3n) is 4.33. The monoisotopic (exact) mass is 411 g/mol. The molecule has 1 heterocycles. The smallest absolute Gasteiger partial charge is 0.339 e. The van der Waals surface area contributed by atoms with Gasteiger partial charge in [0, 0.05) is 13.1 Å². The number of hydrogen-bond acceptors (Lipinski definition) is 6. The van der Waals surface area contributed by atoms with Crippen molar-refractivity contribution in [3.8, 4) is 11.5 Å². The minimum absolute atomic E-state index is 0.0660. The number of sulfonamides is 1. The maximum absolute atomic E-state index is 12.5. The van der Waals surface area contributed by atoms with E-state index in [1.165, 1.54) is 41.7 Å². The van der Waals surface area contributed by atoms with Gasteiger partial charge in [0.15, 0.2) is 11.5 Å². The van der Waals surface area contributed by atoms with E-state index in [0.29, 0.717) is 18.8 Å². The standard InChI is InChI=1S/C18H21NO6S2/c1-14-5-10-17(18(13-14)24-2)25-27(22,23)16-8-6-15(7-9-16)26(20,21)19-11-3-4-12-19/h5-10,13H,3-4,11-12H2,1-2H3. The second kappa shape index (κ2) is 7.49. The van der Waals surface area contributed by atoms with Crippen molar-refractivity contribution in [1.82, 2.24) is 4.31 Å². The van der Waals surface area contributed by atoms with E-state index in [9.17, 15) is 16.8 Å². The van der Waals surface area contributed by atoms with Crippen molar-refractivity contribution in [2.24, 2.45) is 0 Å². The minimum Gasteiger partial charge on any atom is -0.493 e. The third-order valence-corrected chi connectivity index (χ3v) is 7.50. The van der Waals surface area contributed by atoms with Gasteiger partial charge >= 0.3 is 10.1 Å². The number of benzene rings is 2. The Labute approximate surface area is 159 Å². The highest BCUT2D eigenvalue weighted by Crippen LogP contribution is 2.31. The molecule has 2 aromatic carbocycles. The van der Waals surface area contributed by atoms with Gasteiger partial charge in [0.25, 0.3) is 0 Å². The lowest BCUT2D eigenvalue weighted by atomic mass is 10.2. The normalized spacial score (nSPS) is 15.6. The van der Waals surface area contributed by atoms with Crippen LogP contribution in [0.3, 0.4) is 0 Å². The Bertz CT molecular complexity index is 1020. The van der Waals surface area contributed by atoms with E-state index in [0.717, 1.165) is 18.4 Å². The first-order valence-electron chi connectivity index (χ1n) is 8.43.